The summed E-state index contributed by atoms with van der Waals surface area (Å²) in [6.45, 7) is 4.45. The molecule has 2 fully saturated rings. The maximum Gasteiger partial charge on any atom is 0.271 e. The number of nitro groups is 1. The van der Waals surface area contributed by atoms with Gasteiger partial charge in [-0.2, -0.15) is 0 Å². The number of hydrogen-bond donors (Lipinski definition) is 3. The second-order valence-electron chi connectivity index (χ2n) is 7.29. The zero-order chi connectivity index (χ0) is 19.3. The summed E-state index contributed by atoms with van der Waals surface area (Å²) < 4.78 is 5.53. The number of hydrogen-bond acceptors (Lipinski definition) is 4. The number of benzene rings is 1. The smallest absolute Gasteiger partial charge is 0.271 e. The molecule has 1 heterocycles. The van der Waals surface area contributed by atoms with Crippen molar-refractivity contribution in [1.29, 1.82) is 0 Å². The van der Waals surface area contributed by atoms with Crippen molar-refractivity contribution in [2.45, 2.75) is 37.6 Å². The number of halogens is 1. The fourth-order valence-corrected chi connectivity index (χ4v) is 4.52. The predicted octanol–water partition coefficient (Wildman–Crippen LogP) is 2.15. The van der Waals surface area contributed by atoms with Crippen LogP contribution in [0.1, 0.15) is 32.1 Å². The first-order chi connectivity index (χ1) is 13.0. The van der Waals surface area contributed by atoms with Gasteiger partial charge in [0.1, 0.15) is 18.6 Å². The molecule has 0 atom stereocenters. The molecular formula is C18H26ClN4O3S+. The molecular weight excluding hydrogens is 388 g/mol. The van der Waals surface area contributed by atoms with Crippen molar-refractivity contribution in [1.82, 2.24) is 5.32 Å². The quantitative estimate of drug-likeness (QED) is 0.390. The third-order valence-corrected chi connectivity index (χ3v) is 6.23. The van der Waals surface area contributed by atoms with Gasteiger partial charge in [-0.25, -0.2) is 0 Å². The lowest BCUT2D eigenvalue weighted by Crippen LogP contribution is -3.23. The van der Waals surface area contributed by atoms with Crippen molar-refractivity contribution in [3.05, 3.63) is 33.3 Å². The molecule has 3 N–H and O–H groups in total. The summed E-state index contributed by atoms with van der Waals surface area (Å²) in [6.07, 6.45) is 6.12. The molecule has 0 bridgehead atoms. The first kappa shape index (κ1) is 20.3. The average molecular weight is 414 g/mol. The molecule has 27 heavy (non-hydrogen) atoms. The number of rotatable bonds is 5. The van der Waals surface area contributed by atoms with Crippen molar-refractivity contribution >= 4 is 40.3 Å². The van der Waals surface area contributed by atoms with E-state index >= 15 is 0 Å². The van der Waals surface area contributed by atoms with E-state index in [1.807, 2.05) is 0 Å². The van der Waals surface area contributed by atoms with Gasteiger partial charge in [0.2, 0.25) is 0 Å². The van der Waals surface area contributed by atoms with Crippen LogP contribution in [0.15, 0.2) is 18.2 Å². The van der Waals surface area contributed by atoms with E-state index in [2.05, 4.69) is 10.6 Å². The Morgan fingerprint density at radius 1 is 1.30 bits per heavy atom. The monoisotopic (exact) mass is 413 g/mol. The van der Waals surface area contributed by atoms with E-state index in [-0.39, 0.29) is 11.2 Å². The van der Waals surface area contributed by atoms with Crippen LogP contribution >= 0.6 is 23.8 Å². The summed E-state index contributed by atoms with van der Waals surface area (Å²) in [5, 5.41) is 18.2. The SMILES string of the molecule is O=[N+]([O-])c1ccc(Cl)c(NC(=S)NCC2([NH+]3CCOCC3)CCCCC2)c1. The highest BCUT2D eigenvalue weighted by Crippen LogP contribution is 2.27. The predicted molar refractivity (Wildman–Crippen MR) is 110 cm³/mol. The molecule has 1 aromatic carbocycles. The molecule has 1 aliphatic carbocycles. The molecule has 1 saturated carbocycles. The van der Waals surface area contributed by atoms with Crippen LogP contribution in [-0.4, -0.2) is 48.4 Å². The summed E-state index contributed by atoms with van der Waals surface area (Å²) in [5.41, 5.74) is 0.589. The maximum absolute atomic E-state index is 11.0. The van der Waals surface area contributed by atoms with Gasteiger partial charge in [-0.15, -0.1) is 0 Å². The third-order valence-electron chi connectivity index (χ3n) is 5.65. The molecule has 3 rings (SSSR count). The van der Waals surface area contributed by atoms with E-state index in [9.17, 15) is 10.1 Å². The van der Waals surface area contributed by atoms with Gasteiger partial charge in [-0.1, -0.05) is 18.0 Å². The number of nitro benzene ring substituents is 1. The van der Waals surface area contributed by atoms with Gasteiger partial charge in [-0.3, -0.25) is 10.1 Å². The highest BCUT2D eigenvalue weighted by Gasteiger charge is 2.42. The largest absolute Gasteiger partial charge is 0.370 e. The fourth-order valence-electron chi connectivity index (χ4n) is 4.17. The topological polar surface area (TPSA) is 80.9 Å². The number of quaternary nitrogens is 1. The summed E-state index contributed by atoms with van der Waals surface area (Å²) in [4.78, 5) is 12.1. The molecule has 0 amide bonds. The molecule has 1 saturated heterocycles. The van der Waals surface area contributed by atoms with Gasteiger partial charge in [0.15, 0.2) is 5.11 Å². The number of ether oxygens (including phenoxy) is 1. The highest BCUT2D eigenvalue weighted by molar-refractivity contribution is 7.80. The van der Waals surface area contributed by atoms with Gasteiger partial charge >= 0.3 is 0 Å². The minimum atomic E-state index is -0.448. The third kappa shape index (κ3) is 5.07. The molecule has 7 nitrogen and oxygen atoms in total. The molecule has 0 radical (unpaired) electrons. The minimum absolute atomic E-state index is 0.0220. The molecule has 9 heteroatoms. The van der Waals surface area contributed by atoms with Crippen molar-refractivity contribution in [2.75, 3.05) is 38.2 Å². The second kappa shape index (κ2) is 9.14. The highest BCUT2D eigenvalue weighted by atomic mass is 35.5. The molecule has 148 valence electrons. The van der Waals surface area contributed by atoms with Crippen LogP contribution in [0.2, 0.25) is 5.02 Å². The van der Waals surface area contributed by atoms with Crippen LogP contribution in [0.4, 0.5) is 11.4 Å². The standard InChI is InChI=1S/C18H25ClN4O3S/c19-15-5-4-14(23(24)25)12-16(15)21-17(27)20-13-18(6-2-1-3-7-18)22-8-10-26-11-9-22/h4-5,12H,1-3,6-11,13H2,(H2,20,21,27)/p+1. The first-order valence-corrected chi connectivity index (χ1v) is 10.2. The Morgan fingerprint density at radius 2 is 2.00 bits per heavy atom. The molecule has 1 aliphatic heterocycles. The summed E-state index contributed by atoms with van der Waals surface area (Å²) in [6, 6.07) is 4.29. The Hall–Kier alpha value is -1.48. The Bertz CT molecular complexity index is 691. The summed E-state index contributed by atoms with van der Waals surface area (Å²) >= 11 is 11.6. The number of nitrogens with zero attached hydrogens (tertiary/aromatic N) is 1. The fraction of sp³-hybridized carbons (Fsp3) is 0.611. The maximum atomic E-state index is 11.0. The van der Waals surface area contributed by atoms with Gasteiger partial charge in [0.25, 0.3) is 5.69 Å². The minimum Gasteiger partial charge on any atom is -0.370 e. The van der Waals surface area contributed by atoms with Crippen LogP contribution in [0.25, 0.3) is 0 Å². The van der Waals surface area contributed by atoms with Crippen molar-refractivity contribution < 1.29 is 14.6 Å². The zero-order valence-corrected chi connectivity index (χ0v) is 16.8. The summed E-state index contributed by atoms with van der Waals surface area (Å²) in [5.74, 6) is 0. The Labute approximate surface area is 169 Å². The van der Waals surface area contributed by atoms with Crippen molar-refractivity contribution in [3.63, 3.8) is 0 Å². The molecule has 0 aromatic heterocycles. The average Bonchev–Trinajstić information content (AvgIpc) is 2.69. The number of morpholine rings is 1. The normalized spacial score (nSPS) is 20.0. The van der Waals surface area contributed by atoms with Crippen molar-refractivity contribution in [2.24, 2.45) is 0 Å². The van der Waals surface area contributed by atoms with E-state index in [4.69, 9.17) is 28.6 Å². The van der Waals surface area contributed by atoms with Crippen LogP contribution in [0, 0.1) is 10.1 Å². The Balaban J connectivity index is 1.64. The number of nitrogens with one attached hydrogen (secondary N) is 3. The lowest BCUT2D eigenvalue weighted by molar-refractivity contribution is -0.960. The number of thiocarbonyl (C=S) groups is 1. The van der Waals surface area contributed by atoms with Crippen LogP contribution in [-0.2, 0) is 4.74 Å². The van der Waals surface area contributed by atoms with E-state index in [0.29, 0.717) is 15.8 Å². The lowest BCUT2D eigenvalue weighted by atomic mass is 9.80. The second-order valence-corrected chi connectivity index (χ2v) is 8.10. The van der Waals surface area contributed by atoms with E-state index < -0.39 is 4.92 Å². The van der Waals surface area contributed by atoms with Gasteiger partial charge < -0.3 is 20.3 Å². The van der Waals surface area contributed by atoms with Crippen LogP contribution < -0.4 is 15.5 Å². The number of anilines is 1. The van der Waals surface area contributed by atoms with E-state index in [1.165, 1.54) is 50.3 Å². The molecule has 1 aromatic rings. The van der Waals surface area contributed by atoms with E-state index in [1.54, 1.807) is 4.90 Å². The molecule has 2 aliphatic rings. The Morgan fingerprint density at radius 3 is 2.67 bits per heavy atom. The Kier molecular flexibility index (Phi) is 6.86. The molecule has 0 unspecified atom stereocenters. The summed E-state index contributed by atoms with van der Waals surface area (Å²) in [7, 11) is 0. The van der Waals surface area contributed by atoms with Gasteiger partial charge in [0, 0.05) is 25.0 Å². The van der Waals surface area contributed by atoms with Gasteiger partial charge in [0.05, 0.1) is 35.4 Å². The van der Waals surface area contributed by atoms with Crippen molar-refractivity contribution in [3.8, 4) is 0 Å². The van der Waals surface area contributed by atoms with E-state index in [0.717, 1.165) is 32.8 Å². The molecule has 0 spiro atoms. The van der Waals surface area contributed by atoms with Crippen LogP contribution in [0.3, 0.4) is 0 Å². The van der Waals surface area contributed by atoms with Gasteiger partial charge in [-0.05, 0) is 31.1 Å². The first-order valence-electron chi connectivity index (χ1n) is 9.42. The number of non-ortho nitro benzene ring substituents is 1. The lowest BCUT2D eigenvalue weighted by Gasteiger charge is -2.45. The van der Waals surface area contributed by atoms with Crippen LogP contribution in [0.5, 0.6) is 0 Å². The zero-order valence-electron chi connectivity index (χ0n) is 15.3.